The molecule has 0 heterocycles. The molecule has 3 nitrogen and oxygen atoms in total. The highest BCUT2D eigenvalue weighted by atomic mass is 16.5. The summed E-state index contributed by atoms with van der Waals surface area (Å²) in [6.07, 6.45) is 2.99. The van der Waals surface area contributed by atoms with Crippen LogP contribution in [0.2, 0.25) is 0 Å². The van der Waals surface area contributed by atoms with Gasteiger partial charge in [-0.3, -0.25) is 5.41 Å². The van der Waals surface area contributed by atoms with Gasteiger partial charge in [0, 0.05) is 11.6 Å². The Morgan fingerprint density at radius 1 is 1.05 bits per heavy atom. The smallest absolute Gasteiger partial charge is 0.337 e. The summed E-state index contributed by atoms with van der Waals surface area (Å²) in [5, 5.41) is 7.69. The van der Waals surface area contributed by atoms with E-state index < -0.39 is 5.97 Å². The summed E-state index contributed by atoms with van der Waals surface area (Å²) in [5.74, 6) is -0.705. The van der Waals surface area contributed by atoms with Crippen LogP contribution in [0.3, 0.4) is 0 Å². The Balaban J connectivity index is 1.96. The van der Waals surface area contributed by atoms with Gasteiger partial charge in [0.15, 0.2) is 0 Å². The predicted octanol–water partition coefficient (Wildman–Crippen LogP) is 3.58. The zero-order chi connectivity index (χ0) is 14.4. The second-order valence-electron chi connectivity index (χ2n) is 4.36. The molecule has 0 amide bonds. The maximum Gasteiger partial charge on any atom is 0.337 e. The molecular formula is C17H15NO2. The molecule has 0 atom stereocenters. The summed E-state index contributed by atoms with van der Waals surface area (Å²) in [6, 6.07) is 16.6. The van der Waals surface area contributed by atoms with Crippen LogP contribution in [0.25, 0.3) is 6.08 Å². The van der Waals surface area contributed by atoms with Crippen molar-refractivity contribution in [1.29, 1.82) is 5.41 Å². The second kappa shape index (κ2) is 6.48. The van der Waals surface area contributed by atoms with Crippen LogP contribution in [-0.4, -0.2) is 11.9 Å². The zero-order valence-electron chi connectivity index (χ0n) is 11.2. The molecule has 3 heteroatoms. The molecule has 0 spiro atoms. The number of esters is 1. The molecular weight excluding hydrogens is 250 g/mol. The van der Waals surface area contributed by atoms with Gasteiger partial charge in [-0.05, 0) is 30.7 Å². The molecule has 2 rings (SSSR count). The van der Waals surface area contributed by atoms with Crippen molar-refractivity contribution in [3.63, 3.8) is 0 Å². The van der Waals surface area contributed by atoms with E-state index in [2.05, 4.69) is 0 Å². The second-order valence-corrected chi connectivity index (χ2v) is 4.36. The minimum Gasteiger partial charge on any atom is -0.404 e. The number of carbonyl (C=O) groups excluding carboxylic acids is 1. The summed E-state index contributed by atoms with van der Waals surface area (Å²) in [4.78, 5) is 11.6. The summed E-state index contributed by atoms with van der Waals surface area (Å²) < 4.78 is 4.94. The van der Waals surface area contributed by atoms with Gasteiger partial charge in [0.1, 0.15) is 0 Å². The van der Waals surface area contributed by atoms with Crippen LogP contribution in [0, 0.1) is 12.3 Å². The van der Waals surface area contributed by atoms with Gasteiger partial charge in [0.05, 0.1) is 0 Å². The zero-order valence-corrected chi connectivity index (χ0v) is 11.2. The van der Waals surface area contributed by atoms with E-state index in [0.29, 0.717) is 5.56 Å². The Hall–Kier alpha value is -2.68. The predicted molar refractivity (Wildman–Crippen MR) is 79.6 cm³/mol. The summed E-state index contributed by atoms with van der Waals surface area (Å²) in [7, 11) is 0. The summed E-state index contributed by atoms with van der Waals surface area (Å²) >= 11 is 0. The quantitative estimate of drug-likeness (QED) is 0.399. The number of ether oxygens (including phenoxy) is 1. The van der Waals surface area contributed by atoms with Gasteiger partial charge in [0.25, 0.3) is 0 Å². The van der Waals surface area contributed by atoms with Gasteiger partial charge in [-0.15, -0.1) is 0 Å². The van der Waals surface area contributed by atoms with Crippen LogP contribution < -0.4 is 0 Å². The van der Waals surface area contributed by atoms with Crippen LogP contribution in [0.15, 0.2) is 60.7 Å². The van der Waals surface area contributed by atoms with Crippen molar-refractivity contribution in [3.8, 4) is 0 Å². The molecule has 0 saturated heterocycles. The fourth-order valence-electron chi connectivity index (χ4n) is 1.62. The molecule has 0 saturated carbocycles. The molecule has 0 aromatic heterocycles. The number of carbonyl (C=O) groups is 1. The van der Waals surface area contributed by atoms with E-state index in [1.54, 1.807) is 30.3 Å². The lowest BCUT2D eigenvalue weighted by atomic mass is 10.1. The van der Waals surface area contributed by atoms with Crippen molar-refractivity contribution in [1.82, 2.24) is 0 Å². The van der Waals surface area contributed by atoms with Gasteiger partial charge >= 0.3 is 5.97 Å². The average molecular weight is 265 g/mol. The lowest BCUT2D eigenvalue weighted by molar-refractivity contribution is -0.129. The molecule has 0 aliphatic rings. The fraction of sp³-hybridized carbons (Fsp3) is 0.0588. The van der Waals surface area contributed by atoms with E-state index in [4.69, 9.17) is 10.1 Å². The number of hydrogen-bond acceptors (Lipinski definition) is 3. The maximum atomic E-state index is 11.6. The van der Waals surface area contributed by atoms with E-state index in [0.717, 1.165) is 11.1 Å². The Morgan fingerprint density at radius 2 is 1.70 bits per heavy atom. The lowest BCUT2D eigenvalue weighted by Gasteiger charge is -2.02. The van der Waals surface area contributed by atoms with Crippen molar-refractivity contribution in [2.75, 3.05) is 0 Å². The van der Waals surface area contributed by atoms with Crippen LogP contribution in [0.5, 0.6) is 0 Å². The molecule has 0 bridgehead atoms. The minimum absolute atomic E-state index is 0.149. The van der Waals surface area contributed by atoms with E-state index >= 15 is 0 Å². The molecule has 2 aromatic carbocycles. The first-order chi connectivity index (χ1) is 9.65. The number of nitrogens with one attached hydrogen (secondary N) is 1. The van der Waals surface area contributed by atoms with E-state index in [1.165, 1.54) is 6.08 Å². The molecule has 0 fully saturated rings. The molecule has 2 aromatic rings. The third-order valence-electron chi connectivity index (χ3n) is 2.73. The van der Waals surface area contributed by atoms with Crippen molar-refractivity contribution < 1.29 is 9.53 Å². The maximum absolute atomic E-state index is 11.6. The third kappa shape index (κ3) is 3.92. The summed E-state index contributed by atoms with van der Waals surface area (Å²) in [6.45, 7) is 2.00. The van der Waals surface area contributed by atoms with Crippen LogP contribution >= 0.6 is 0 Å². The van der Waals surface area contributed by atoms with Crippen LogP contribution in [-0.2, 0) is 9.53 Å². The highest BCUT2D eigenvalue weighted by Gasteiger charge is 2.05. The number of hydrogen-bond donors (Lipinski definition) is 1. The fourth-order valence-corrected chi connectivity index (χ4v) is 1.62. The van der Waals surface area contributed by atoms with Gasteiger partial charge in [0.2, 0.25) is 5.90 Å². The van der Waals surface area contributed by atoms with Gasteiger partial charge < -0.3 is 4.74 Å². The Labute approximate surface area is 118 Å². The first kappa shape index (κ1) is 13.7. The van der Waals surface area contributed by atoms with Gasteiger partial charge in [-0.2, -0.15) is 0 Å². The van der Waals surface area contributed by atoms with Crippen molar-refractivity contribution >= 4 is 17.9 Å². The molecule has 0 radical (unpaired) electrons. The summed E-state index contributed by atoms with van der Waals surface area (Å²) in [5.41, 5.74) is 2.65. The number of rotatable bonds is 3. The molecule has 0 aliphatic heterocycles. The van der Waals surface area contributed by atoms with Gasteiger partial charge in [-0.25, -0.2) is 4.79 Å². The van der Waals surface area contributed by atoms with Crippen LogP contribution in [0.4, 0.5) is 0 Å². The Bertz CT molecular complexity index is 628. The SMILES string of the molecule is Cc1ccc(/C=C/C(=O)OC(=N)c2ccccc2)cc1. The molecule has 20 heavy (non-hydrogen) atoms. The number of aryl methyl sites for hydroxylation is 1. The third-order valence-corrected chi connectivity index (χ3v) is 2.73. The minimum atomic E-state index is -0.556. The Morgan fingerprint density at radius 3 is 2.35 bits per heavy atom. The number of benzene rings is 2. The highest BCUT2D eigenvalue weighted by molar-refractivity contribution is 6.02. The van der Waals surface area contributed by atoms with Gasteiger partial charge in [-0.1, -0.05) is 48.0 Å². The Kier molecular flexibility index (Phi) is 4.45. The standard InChI is InChI=1S/C17H15NO2/c1-13-7-9-14(10-8-13)11-12-16(19)20-17(18)15-5-3-2-4-6-15/h2-12,18H,1H3/b12-11+,18-17?. The van der Waals surface area contributed by atoms with Crippen molar-refractivity contribution in [2.24, 2.45) is 0 Å². The molecule has 0 unspecified atom stereocenters. The normalized spacial score (nSPS) is 10.4. The molecule has 100 valence electrons. The van der Waals surface area contributed by atoms with E-state index in [9.17, 15) is 4.79 Å². The molecule has 1 N–H and O–H groups in total. The monoisotopic (exact) mass is 265 g/mol. The lowest BCUT2D eigenvalue weighted by Crippen LogP contribution is -2.10. The largest absolute Gasteiger partial charge is 0.404 e. The topological polar surface area (TPSA) is 50.2 Å². The van der Waals surface area contributed by atoms with Crippen molar-refractivity contribution in [3.05, 3.63) is 77.4 Å². The van der Waals surface area contributed by atoms with Crippen LogP contribution in [0.1, 0.15) is 16.7 Å². The average Bonchev–Trinajstić information content (AvgIpc) is 2.47. The first-order valence-corrected chi connectivity index (χ1v) is 6.26. The van der Waals surface area contributed by atoms with E-state index in [-0.39, 0.29) is 5.90 Å². The first-order valence-electron chi connectivity index (χ1n) is 6.26. The van der Waals surface area contributed by atoms with E-state index in [1.807, 2.05) is 37.3 Å². The van der Waals surface area contributed by atoms with Crippen molar-refractivity contribution in [2.45, 2.75) is 6.92 Å². The molecule has 0 aliphatic carbocycles. The highest BCUT2D eigenvalue weighted by Crippen LogP contribution is 2.06.